The molecule has 6 nitrogen and oxygen atoms in total. The van der Waals surface area contributed by atoms with Gasteiger partial charge in [-0.15, -0.1) is 0 Å². The Bertz CT molecular complexity index is 540. The van der Waals surface area contributed by atoms with Crippen LogP contribution in [0.25, 0.3) is 0 Å². The third kappa shape index (κ3) is 6.67. The number of pyridine rings is 1. The van der Waals surface area contributed by atoms with Crippen LogP contribution in [0.3, 0.4) is 0 Å². The third-order valence-electron chi connectivity index (χ3n) is 2.46. The van der Waals surface area contributed by atoms with Gasteiger partial charge in [-0.25, -0.2) is 4.79 Å². The minimum Gasteiger partial charge on any atom is -0.466 e. The maximum absolute atomic E-state index is 11.8. The Labute approximate surface area is 127 Å². The number of hydrogen-bond donors (Lipinski definition) is 1. The Morgan fingerprint density at radius 2 is 2.10 bits per heavy atom. The summed E-state index contributed by atoms with van der Waals surface area (Å²) in [5, 5.41) is 3.00. The number of carbonyl (C=O) groups excluding carboxylic acids is 3. The molecule has 0 aromatic carbocycles. The number of amides is 1. The smallest absolute Gasteiger partial charge is 0.330 e. The summed E-state index contributed by atoms with van der Waals surface area (Å²) in [7, 11) is 1.27. The normalized spacial score (nSPS) is 10.4. The van der Waals surface area contributed by atoms with Crippen molar-refractivity contribution in [3.63, 3.8) is 0 Å². The van der Waals surface area contributed by atoms with Gasteiger partial charge < -0.3 is 10.1 Å². The Hall–Kier alpha value is -2.21. The number of carbonyl (C=O) groups is 3. The topological polar surface area (TPSA) is 85.4 Å². The van der Waals surface area contributed by atoms with E-state index in [0.29, 0.717) is 5.02 Å². The summed E-state index contributed by atoms with van der Waals surface area (Å²) in [4.78, 5) is 37.9. The highest BCUT2D eigenvalue weighted by Gasteiger charge is 2.09. The zero-order chi connectivity index (χ0) is 15.7. The Morgan fingerprint density at radius 3 is 2.71 bits per heavy atom. The quantitative estimate of drug-likeness (QED) is 0.469. The summed E-state index contributed by atoms with van der Waals surface area (Å²) in [6.07, 6.45) is 4.16. The largest absolute Gasteiger partial charge is 0.466 e. The molecule has 1 heterocycles. The number of esters is 1. The minimum absolute atomic E-state index is 0.0508. The van der Waals surface area contributed by atoms with E-state index in [2.05, 4.69) is 15.0 Å². The molecule has 7 heteroatoms. The molecule has 1 rings (SSSR count). The summed E-state index contributed by atoms with van der Waals surface area (Å²) >= 11 is 5.67. The first-order valence-corrected chi connectivity index (χ1v) is 6.56. The summed E-state index contributed by atoms with van der Waals surface area (Å²) in [6.45, 7) is 0.196. The van der Waals surface area contributed by atoms with Crippen LogP contribution in [-0.4, -0.2) is 36.3 Å². The van der Waals surface area contributed by atoms with Gasteiger partial charge in [0.15, 0.2) is 5.78 Å². The van der Waals surface area contributed by atoms with Crippen LogP contribution in [0, 0.1) is 0 Å². The van der Waals surface area contributed by atoms with Crippen molar-refractivity contribution in [2.45, 2.75) is 12.8 Å². The van der Waals surface area contributed by atoms with Crippen molar-refractivity contribution in [2.75, 3.05) is 13.7 Å². The molecule has 0 bridgehead atoms. The molecule has 0 aliphatic rings. The molecule has 1 aromatic rings. The Morgan fingerprint density at radius 1 is 1.33 bits per heavy atom. The van der Waals surface area contributed by atoms with Gasteiger partial charge in [0.1, 0.15) is 5.69 Å². The molecule has 0 spiro atoms. The van der Waals surface area contributed by atoms with Crippen molar-refractivity contribution in [1.82, 2.24) is 10.3 Å². The molecule has 0 saturated heterocycles. The number of halogens is 1. The van der Waals surface area contributed by atoms with Crippen molar-refractivity contribution in [3.8, 4) is 0 Å². The number of methoxy groups -OCH3 is 1. The van der Waals surface area contributed by atoms with E-state index in [1.807, 2.05) is 0 Å². The maximum atomic E-state index is 11.8. The van der Waals surface area contributed by atoms with Gasteiger partial charge in [0.2, 0.25) is 5.91 Å². The van der Waals surface area contributed by atoms with Crippen LogP contribution in [0.5, 0.6) is 0 Å². The lowest BCUT2D eigenvalue weighted by Gasteiger charge is -2.02. The van der Waals surface area contributed by atoms with Crippen LogP contribution in [0.1, 0.15) is 23.3 Å². The molecule has 0 fully saturated rings. The van der Waals surface area contributed by atoms with Crippen LogP contribution >= 0.6 is 11.6 Å². The number of nitrogens with one attached hydrogen (secondary N) is 1. The highest BCUT2D eigenvalue weighted by Crippen LogP contribution is 2.08. The highest BCUT2D eigenvalue weighted by molar-refractivity contribution is 6.30. The summed E-state index contributed by atoms with van der Waals surface area (Å²) in [6, 6.07) is 3.08. The van der Waals surface area contributed by atoms with Crippen molar-refractivity contribution >= 4 is 29.3 Å². The molecule has 112 valence electrons. The molecular weight excluding hydrogens is 296 g/mol. The van der Waals surface area contributed by atoms with Crippen LogP contribution in [0.2, 0.25) is 5.02 Å². The number of ketones is 1. The average molecular weight is 311 g/mol. The fraction of sp³-hybridized carbons (Fsp3) is 0.286. The molecule has 0 saturated carbocycles. The second-order valence-electron chi connectivity index (χ2n) is 4.01. The minimum atomic E-state index is -0.492. The summed E-state index contributed by atoms with van der Waals surface area (Å²) < 4.78 is 4.39. The molecule has 0 radical (unpaired) electrons. The van der Waals surface area contributed by atoms with Gasteiger partial charge in [0.25, 0.3) is 0 Å². The van der Waals surface area contributed by atoms with E-state index in [0.717, 1.165) is 0 Å². The summed E-state index contributed by atoms with van der Waals surface area (Å²) in [5.74, 6) is -1.01. The van der Waals surface area contributed by atoms with Gasteiger partial charge in [-0.05, 0) is 12.1 Å². The van der Waals surface area contributed by atoms with Gasteiger partial charge in [0.05, 0.1) is 12.1 Å². The Balaban J connectivity index is 2.29. The molecular formula is C14H15ClN2O4. The molecule has 0 atom stereocenters. The van der Waals surface area contributed by atoms with E-state index >= 15 is 0 Å². The number of hydrogen-bond acceptors (Lipinski definition) is 5. The van der Waals surface area contributed by atoms with Crippen molar-refractivity contribution in [2.24, 2.45) is 0 Å². The van der Waals surface area contributed by atoms with E-state index in [9.17, 15) is 14.4 Å². The second-order valence-corrected chi connectivity index (χ2v) is 4.45. The number of nitrogens with zero attached hydrogens (tertiary/aromatic N) is 1. The van der Waals surface area contributed by atoms with E-state index in [-0.39, 0.29) is 36.8 Å². The van der Waals surface area contributed by atoms with Gasteiger partial charge >= 0.3 is 5.97 Å². The third-order valence-corrected chi connectivity index (χ3v) is 2.69. The molecule has 0 unspecified atom stereocenters. The lowest BCUT2D eigenvalue weighted by Crippen LogP contribution is -2.24. The lowest BCUT2D eigenvalue weighted by molar-refractivity contribution is -0.134. The summed E-state index contributed by atoms with van der Waals surface area (Å²) in [5.41, 5.74) is 0.276. The fourth-order valence-electron chi connectivity index (χ4n) is 1.38. The molecule has 0 aliphatic carbocycles. The van der Waals surface area contributed by atoms with Crippen LogP contribution < -0.4 is 5.32 Å². The lowest BCUT2D eigenvalue weighted by atomic mass is 10.1. The first-order chi connectivity index (χ1) is 10.0. The van der Waals surface area contributed by atoms with Crippen molar-refractivity contribution in [1.29, 1.82) is 0 Å². The van der Waals surface area contributed by atoms with Crippen LogP contribution in [0.15, 0.2) is 30.5 Å². The van der Waals surface area contributed by atoms with Gasteiger partial charge in [-0.3, -0.25) is 14.6 Å². The van der Waals surface area contributed by atoms with Crippen molar-refractivity contribution in [3.05, 3.63) is 41.2 Å². The van der Waals surface area contributed by atoms with Gasteiger partial charge in [-0.1, -0.05) is 17.7 Å². The van der Waals surface area contributed by atoms with E-state index in [1.54, 1.807) is 6.07 Å². The SMILES string of the molecule is COC(=O)/C=C/CNC(=O)CCC(=O)c1ccc(Cl)cn1. The Kier molecular flexibility index (Phi) is 7.11. The molecule has 1 N–H and O–H groups in total. The number of aromatic nitrogens is 1. The first kappa shape index (κ1) is 16.8. The van der Waals surface area contributed by atoms with Crippen LogP contribution in [0.4, 0.5) is 0 Å². The highest BCUT2D eigenvalue weighted by atomic mass is 35.5. The van der Waals surface area contributed by atoms with E-state index in [4.69, 9.17) is 11.6 Å². The predicted molar refractivity (Wildman–Crippen MR) is 77.0 cm³/mol. The number of Topliss-reactive ketones (excluding diaryl/α,β-unsaturated/α-hetero) is 1. The van der Waals surface area contributed by atoms with Crippen molar-refractivity contribution < 1.29 is 19.1 Å². The zero-order valence-electron chi connectivity index (χ0n) is 11.5. The average Bonchev–Trinajstić information content (AvgIpc) is 2.49. The zero-order valence-corrected chi connectivity index (χ0v) is 12.2. The number of ether oxygens (including phenoxy) is 1. The second kappa shape index (κ2) is 8.86. The predicted octanol–water partition coefficient (Wildman–Crippen LogP) is 1.54. The molecule has 1 aromatic heterocycles. The monoisotopic (exact) mass is 310 g/mol. The van der Waals surface area contributed by atoms with Crippen LogP contribution in [-0.2, 0) is 14.3 Å². The number of rotatable bonds is 7. The molecule has 0 aliphatic heterocycles. The fourth-order valence-corrected chi connectivity index (χ4v) is 1.49. The molecule has 21 heavy (non-hydrogen) atoms. The van der Waals surface area contributed by atoms with Gasteiger partial charge in [0, 0.05) is 31.7 Å². The van der Waals surface area contributed by atoms with E-state index < -0.39 is 5.97 Å². The van der Waals surface area contributed by atoms with E-state index in [1.165, 1.54) is 31.5 Å². The first-order valence-electron chi connectivity index (χ1n) is 6.19. The molecule has 1 amide bonds. The maximum Gasteiger partial charge on any atom is 0.330 e. The van der Waals surface area contributed by atoms with Gasteiger partial charge in [-0.2, -0.15) is 0 Å². The standard InChI is InChI=1S/C14H15ClN2O4/c1-21-14(20)3-2-8-16-13(19)7-6-12(18)11-5-4-10(15)9-17-11/h2-5,9H,6-8H2,1H3,(H,16,19)/b3-2+.